The summed E-state index contributed by atoms with van der Waals surface area (Å²) in [5.74, 6) is 0. The molecule has 1 unspecified atom stereocenters. The van der Waals surface area contributed by atoms with E-state index in [-0.39, 0.29) is 6.03 Å². The molecule has 2 N–H and O–H groups in total. The van der Waals surface area contributed by atoms with Crippen molar-refractivity contribution >= 4 is 17.6 Å². The summed E-state index contributed by atoms with van der Waals surface area (Å²) in [5, 5.41) is 7.11. The fraction of sp³-hybridized carbons (Fsp3) is 0.500. The number of benzene rings is 1. The van der Waals surface area contributed by atoms with E-state index in [9.17, 15) is 4.79 Å². The van der Waals surface area contributed by atoms with E-state index < -0.39 is 0 Å². The number of halogens is 1. The highest BCUT2D eigenvalue weighted by atomic mass is 35.5. The molecule has 1 aliphatic carbocycles. The van der Waals surface area contributed by atoms with Gasteiger partial charge in [0.25, 0.3) is 0 Å². The molecule has 0 bridgehead atoms. The number of hydrogen-bond acceptors (Lipinski definition) is 2. The van der Waals surface area contributed by atoms with E-state index in [2.05, 4.69) is 16.7 Å². The zero-order valence-electron chi connectivity index (χ0n) is 11.4. The molecule has 0 heterocycles. The fourth-order valence-corrected chi connectivity index (χ4v) is 2.53. The Hall–Kier alpha value is -1.26. The molecular formula is C14H20ClN3O. The van der Waals surface area contributed by atoms with Gasteiger partial charge in [-0.05, 0) is 36.1 Å². The topological polar surface area (TPSA) is 44.4 Å². The van der Waals surface area contributed by atoms with Gasteiger partial charge in [-0.2, -0.15) is 0 Å². The first-order valence-electron chi connectivity index (χ1n) is 6.52. The lowest BCUT2D eigenvalue weighted by molar-refractivity contribution is 0.217. The molecule has 19 heavy (non-hydrogen) atoms. The summed E-state index contributed by atoms with van der Waals surface area (Å²) in [7, 11) is 3.47. The van der Waals surface area contributed by atoms with Gasteiger partial charge in [-0.1, -0.05) is 17.7 Å². The summed E-state index contributed by atoms with van der Waals surface area (Å²) >= 11 is 5.99. The zero-order chi connectivity index (χ0) is 13.8. The van der Waals surface area contributed by atoms with Gasteiger partial charge in [-0.15, -0.1) is 0 Å². The number of carbonyl (C=O) groups is 1. The SMILES string of the molecule is CN(C)C(=O)NCCNC1Cc2ccc(Cl)cc2C1. The van der Waals surface area contributed by atoms with Crippen molar-refractivity contribution in [1.29, 1.82) is 0 Å². The molecule has 0 saturated carbocycles. The number of rotatable bonds is 4. The molecule has 2 rings (SSSR count). The van der Waals surface area contributed by atoms with E-state index in [1.165, 1.54) is 16.0 Å². The standard InChI is InChI=1S/C14H20ClN3O/c1-18(2)14(19)17-6-5-16-13-8-10-3-4-12(15)7-11(10)9-13/h3-4,7,13,16H,5-6,8-9H2,1-2H3,(H,17,19). The highest BCUT2D eigenvalue weighted by Gasteiger charge is 2.20. The molecule has 1 aromatic rings. The van der Waals surface area contributed by atoms with Crippen LogP contribution >= 0.6 is 11.6 Å². The Morgan fingerprint density at radius 1 is 1.32 bits per heavy atom. The van der Waals surface area contributed by atoms with Crippen LogP contribution in [0.5, 0.6) is 0 Å². The average molecular weight is 282 g/mol. The number of carbonyl (C=O) groups excluding carboxylic acids is 1. The highest BCUT2D eigenvalue weighted by Crippen LogP contribution is 2.25. The average Bonchev–Trinajstić information content (AvgIpc) is 2.75. The minimum Gasteiger partial charge on any atom is -0.337 e. The molecule has 5 heteroatoms. The van der Waals surface area contributed by atoms with Crippen molar-refractivity contribution in [1.82, 2.24) is 15.5 Å². The Balaban J connectivity index is 1.71. The monoisotopic (exact) mass is 281 g/mol. The van der Waals surface area contributed by atoms with Crippen LogP contribution in [0, 0.1) is 0 Å². The second-order valence-electron chi connectivity index (χ2n) is 5.10. The van der Waals surface area contributed by atoms with Crippen molar-refractivity contribution < 1.29 is 4.79 Å². The molecule has 1 aromatic carbocycles. The third-order valence-electron chi connectivity index (χ3n) is 3.34. The first-order valence-corrected chi connectivity index (χ1v) is 6.90. The molecule has 0 saturated heterocycles. The summed E-state index contributed by atoms with van der Waals surface area (Å²) in [6.45, 7) is 1.43. The molecule has 0 aromatic heterocycles. The zero-order valence-corrected chi connectivity index (χ0v) is 12.1. The van der Waals surface area contributed by atoms with E-state index in [0.29, 0.717) is 12.6 Å². The van der Waals surface area contributed by atoms with Gasteiger partial charge in [0.05, 0.1) is 0 Å². The van der Waals surface area contributed by atoms with Crippen LogP contribution in [0.1, 0.15) is 11.1 Å². The number of nitrogens with one attached hydrogen (secondary N) is 2. The van der Waals surface area contributed by atoms with Gasteiger partial charge < -0.3 is 15.5 Å². The van der Waals surface area contributed by atoms with Gasteiger partial charge in [-0.25, -0.2) is 4.79 Å². The fourth-order valence-electron chi connectivity index (χ4n) is 2.33. The van der Waals surface area contributed by atoms with Gasteiger partial charge >= 0.3 is 6.03 Å². The maximum absolute atomic E-state index is 11.3. The quantitative estimate of drug-likeness (QED) is 0.825. The normalized spacial score (nSPS) is 17.1. The molecule has 2 amide bonds. The van der Waals surface area contributed by atoms with Gasteiger partial charge in [0.2, 0.25) is 0 Å². The van der Waals surface area contributed by atoms with E-state index in [1.807, 2.05) is 12.1 Å². The van der Waals surface area contributed by atoms with Crippen LogP contribution in [0.4, 0.5) is 4.79 Å². The first kappa shape index (κ1) is 14.2. The molecule has 0 spiro atoms. The molecule has 4 nitrogen and oxygen atoms in total. The maximum Gasteiger partial charge on any atom is 0.316 e. The van der Waals surface area contributed by atoms with Gasteiger partial charge in [0, 0.05) is 38.2 Å². The Labute approximate surface area is 119 Å². The first-order chi connectivity index (χ1) is 9.06. The van der Waals surface area contributed by atoms with E-state index >= 15 is 0 Å². The van der Waals surface area contributed by atoms with Gasteiger partial charge in [0.15, 0.2) is 0 Å². The van der Waals surface area contributed by atoms with Crippen molar-refractivity contribution in [2.24, 2.45) is 0 Å². The molecule has 104 valence electrons. The lowest BCUT2D eigenvalue weighted by Gasteiger charge is -2.14. The molecule has 1 atom stereocenters. The highest BCUT2D eigenvalue weighted by molar-refractivity contribution is 6.30. The summed E-state index contributed by atoms with van der Waals surface area (Å²) in [4.78, 5) is 12.9. The summed E-state index contributed by atoms with van der Waals surface area (Å²) < 4.78 is 0. The number of fused-ring (bicyclic) bond motifs is 1. The summed E-state index contributed by atoms with van der Waals surface area (Å²) in [6, 6.07) is 6.49. The van der Waals surface area contributed by atoms with Crippen molar-refractivity contribution in [2.45, 2.75) is 18.9 Å². The smallest absolute Gasteiger partial charge is 0.316 e. The predicted molar refractivity (Wildman–Crippen MR) is 77.7 cm³/mol. The van der Waals surface area contributed by atoms with Crippen LogP contribution in [0.2, 0.25) is 5.02 Å². The number of hydrogen-bond donors (Lipinski definition) is 2. The van der Waals surface area contributed by atoms with Crippen molar-refractivity contribution in [3.05, 3.63) is 34.3 Å². The van der Waals surface area contributed by atoms with Gasteiger partial charge in [-0.3, -0.25) is 0 Å². The minimum atomic E-state index is -0.0525. The van der Waals surface area contributed by atoms with Gasteiger partial charge in [0.1, 0.15) is 0 Å². The Morgan fingerprint density at radius 2 is 2.05 bits per heavy atom. The largest absolute Gasteiger partial charge is 0.337 e. The van der Waals surface area contributed by atoms with E-state index in [1.54, 1.807) is 14.1 Å². The number of amides is 2. The van der Waals surface area contributed by atoms with Crippen molar-refractivity contribution in [3.8, 4) is 0 Å². The van der Waals surface area contributed by atoms with Crippen LogP contribution < -0.4 is 10.6 Å². The van der Waals surface area contributed by atoms with Crippen LogP contribution in [-0.4, -0.2) is 44.2 Å². The molecule has 1 aliphatic rings. The summed E-state index contributed by atoms with van der Waals surface area (Å²) in [5.41, 5.74) is 2.71. The van der Waals surface area contributed by atoms with Crippen molar-refractivity contribution in [3.63, 3.8) is 0 Å². The van der Waals surface area contributed by atoms with Crippen molar-refractivity contribution in [2.75, 3.05) is 27.2 Å². The maximum atomic E-state index is 11.3. The lowest BCUT2D eigenvalue weighted by atomic mass is 10.1. The third-order valence-corrected chi connectivity index (χ3v) is 3.58. The number of urea groups is 1. The number of nitrogens with zero attached hydrogens (tertiary/aromatic N) is 1. The Bertz CT molecular complexity index is 462. The molecular weight excluding hydrogens is 262 g/mol. The minimum absolute atomic E-state index is 0.0525. The van der Waals surface area contributed by atoms with Crippen LogP contribution in [0.3, 0.4) is 0 Å². The molecule has 0 radical (unpaired) electrons. The van der Waals surface area contributed by atoms with Crippen LogP contribution in [0.15, 0.2) is 18.2 Å². The van der Waals surface area contributed by atoms with E-state index in [0.717, 1.165) is 24.4 Å². The molecule has 0 fully saturated rings. The third kappa shape index (κ3) is 3.85. The lowest BCUT2D eigenvalue weighted by Crippen LogP contribution is -2.41. The Kier molecular flexibility index (Phi) is 4.66. The second-order valence-corrected chi connectivity index (χ2v) is 5.54. The van der Waals surface area contributed by atoms with E-state index in [4.69, 9.17) is 11.6 Å². The summed E-state index contributed by atoms with van der Waals surface area (Å²) in [6.07, 6.45) is 2.05. The predicted octanol–water partition coefficient (Wildman–Crippen LogP) is 1.67. The Morgan fingerprint density at radius 3 is 2.79 bits per heavy atom. The molecule has 0 aliphatic heterocycles. The van der Waals surface area contributed by atoms with Crippen LogP contribution in [-0.2, 0) is 12.8 Å². The van der Waals surface area contributed by atoms with Crippen LogP contribution in [0.25, 0.3) is 0 Å². The second kappa shape index (κ2) is 6.26.